The third-order valence-electron chi connectivity index (χ3n) is 2.75. The molecule has 0 radical (unpaired) electrons. The van der Waals surface area contributed by atoms with Crippen LogP contribution in [0.25, 0.3) is 22.0 Å². The molecule has 4 heteroatoms. The fraction of sp³-hybridized carbons (Fsp3) is 0. The number of aromatic nitrogens is 2. The van der Waals surface area contributed by atoms with E-state index in [2.05, 4.69) is 22.1 Å². The second-order valence-electron chi connectivity index (χ2n) is 4.02. The Morgan fingerprint density at radius 3 is 2.20 bits per heavy atom. The first-order chi connectivity index (χ1) is 9.43. The van der Waals surface area contributed by atoms with Crippen molar-refractivity contribution in [2.24, 2.45) is 0 Å². The van der Waals surface area contributed by atoms with Crippen LogP contribution in [0, 0.1) is 0 Å². The summed E-state index contributed by atoms with van der Waals surface area (Å²) in [7, 11) is 0. The van der Waals surface area contributed by atoms with Gasteiger partial charge in [-0.15, -0.1) is 0 Å². The van der Waals surface area contributed by atoms with E-state index in [1.54, 1.807) is 0 Å². The van der Waals surface area contributed by atoms with Crippen molar-refractivity contribution in [1.29, 1.82) is 0 Å². The zero-order chi connectivity index (χ0) is 12.9. The molecule has 4 aromatic rings. The van der Waals surface area contributed by atoms with Crippen molar-refractivity contribution < 1.29 is 23.9 Å². The van der Waals surface area contributed by atoms with E-state index in [-0.39, 0.29) is 19.5 Å². The maximum absolute atomic E-state index is 5.01. The summed E-state index contributed by atoms with van der Waals surface area (Å²) in [5.74, 6) is 0. The van der Waals surface area contributed by atoms with Gasteiger partial charge in [-0.1, -0.05) is 36.4 Å². The van der Waals surface area contributed by atoms with Gasteiger partial charge in [-0.25, -0.2) is 4.98 Å². The van der Waals surface area contributed by atoms with Crippen molar-refractivity contribution in [3.8, 4) is 0 Å². The number of hydrogen-bond acceptors (Lipinski definition) is 3. The predicted molar refractivity (Wildman–Crippen MR) is 75.8 cm³/mol. The molecule has 3 nitrogen and oxygen atoms in total. The molecule has 0 spiro atoms. The van der Waals surface area contributed by atoms with Gasteiger partial charge >= 0.3 is 0 Å². The molecule has 0 N–H and O–H groups in total. The minimum absolute atomic E-state index is 0. The van der Waals surface area contributed by atoms with Crippen molar-refractivity contribution in [2.45, 2.75) is 0 Å². The van der Waals surface area contributed by atoms with E-state index in [0.29, 0.717) is 0 Å². The Hall–Kier alpha value is -2.06. The van der Waals surface area contributed by atoms with Crippen LogP contribution in [-0.2, 0) is 19.5 Å². The number of para-hydroxylation sites is 3. The monoisotopic (exact) mass is 312 g/mol. The molecule has 94 valence electrons. The molecule has 0 fully saturated rings. The van der Waals surface area contributed by atoms with E-state index in [4.69, 9.17) is 4.42 Å². The number of nitrogens with zero attached hydrogens (tertiary/aromatic N) is 2. The summed E-state index contributed by atoms with van der Waals surface area (Å²) in [5.41, 5.74) is 2.82. The Morgan fingerprint density at radius 2 is 1.40 bits per heavy atom. The van der Waals surface area contributed by atoms with E-state index >= 15 is 0 Å². The van der Waals surface area contributed by atoms with Gasteiger partial charge < -0.3 is 4.42 Å². The van der Waals surface area contributed by atoms with Crippen LogP contribution in [0.3, 0.4) is 0 Å². The van der Waals surface area contributed by atoms with Gasteiger partial charge in [0.1, 0.15) is 5.52 Å². The summed E-state index contributed by atoms with van der Waals surface area (Å²) >= 11 is 0. The SMILES string of the molecule is [Zn].c1ccc2ncccc2c1.c1ccc2ocnc2c1. The van der Waals surface area contributed by atoms with Gasteiger partial charge in [-0.3, -0.25) is 4.98 Å². The van der Waals surface area contributed by atoms with Crippen LogP contribution in [0.2, 0.25) is 0 Å². The van der Waals surface area contributed by atoms with Gasteiger partial charge in [0, 0.05) is 31.1 Å². The molecule has 4 rings (SSSR count). The van der Waals surface area contributed by atoms with Gasteiger partial charge in [-0.2, -0.15) is 0 Å². The molecule has 0 unspecified atom stereocenters. The fourth-order valence-corrected chi connectivity index (χ4v) is 1.82. The number of fused-ring (bicyclic) bond motifs is 2. The van der Waals surface area contributed by atoms with Crippen LogP contribution in [0.15, 0.2) is 77.7 Å². The van der Waals surface area contributed by atoms with Crippen molar-refractivity contribution >= 4 is 22.0 Å². The molecule has 0 atom stereocenters. The molecule has 0 amide bonds. The summed E-state index contributed by atoms with van der Waals surface area (Å²) < 4.78 is 5.01. The molecule has 0 bridgehead atoms. The van der Waals surface area contributed by atoms with Crippen LogP contribution in [0.1, 0.15) is 0 Å². The molecule has 2 aromatic carbocycles. The summed E-state index contributed by atoms with van der Waals surface area (Å²) in [6, 6.07) is 19.8. The molecule has 0 aliphatic rings. The molecule has 2 heterocycles. The zero-order valence-corrected chi connectivity index (χ0v) is 13.9. The van der Waals surface area contributed by atoms with E-state index in [0.717, 1.165) is 16.6 Å². The number of benzene rings is 2. The van der Waals surface area contributed by atoms with Gasteiger partial charge in [0.2, 0.25) is 0 Å². The molecule has 0 saturated heterocycles. The minimum atomic E-state index is 0. The summed E-state index contributed by atoms with van der Waals surface area (Å²) in [6.45, 7) is 0. The van der Waals surface area contributed by atoms with Crippen molar-refractivity contribution in [3.05, 3.63) is 73.3 Å². The topological polar surface area (TPSA) is 38.9 Å². The van der Waals surface area contributed by atoms with Crippen molar-refractivity contribution in [2.75, 3.05) is 0 Å². The van der Waals surface area contributed by atoms with Crippen LogP contribution in [-0.4, -0.2) is 9.97 Å². The van der Waals surface area contributed by atoms with E-state index in [9.17, 15) is 0 Å². The minimum Gasteiger partial charge on any atom is -0.443 e. The second kappa shape index (κ2) is 6.92. The van der Waals surface area contributed by atoms with Crippen LogP contribution >= 0.6 is 0 Å². The van der Waals surface area contributed by atoms with E-state index in [1.807, 2.05) is 54.7 Å². The quantitative estimate of drug-likeness (QED) is 0.460. The molecule has 0 aliphatic heterocycles. The average Bonchev–Trinajstić information content (AvgIpc) is 2.96. The zero-order valence-electron chi connectivity index (χ0n) is 10.9. The van der Waals surface area contributed by atoms with Crippen LogP contribution < -0.4 is 0 Å². The Morgan fingerprint density at radius 1 is 0.700 bits per heavy atom. The molecule has 2 aromatic heterocycles. The van der Waals surface area contributed by atoms with E-state index < -0.39 is 0 Å². The first-order valence-corrected chi connectivity index (χ1v) is 6.01. The van der Waals surface area contributed by atoms with Gasteiger partial charge in [0.15, 0.2) is 12.0 Å². The van der Waals surface area contributed by atoms with Crippen molar-refractivity contribution in [3.63, 3.8) is 0 Å². The van der Waals surface area contributed by atoms with Crippen LogP contribution in [0.5, 0.6) is 0 Å². The molecule has 20 heavy (non-hydrogen) atoms. The Bertz CT molecular complexity index is 703. The number of oxazole rings is 1. The van der Waals surface area contributed by atoms with E-state index in [1.165, 1.54) is 11.8 Å². The maximum atomic E-state index is 5.01. The van der Waals surface area contributed by atoms with Gasteiger partial charge in [0.05, 0.1) is 5.52 Å². The summed E-state index contributed by atoms with van der Waals surface area (Å²) in [6.07, 6.45) is 3.26. The third-order valence-corrected chi connectivity index (χ3v) is 2.75. The normalized spacial score (nSPS) is 9.60. The predicted octanol–water partition coefficient (Wildman–Crippen LogP) is 4.06. The van der Waals surface area contributed by atoms with Crippen LogP contribution in [0.4, 0.5) is 0 Å². The number of hydrogen-bond donors (Lipinski definition) is 0. The standard InChI is InChI=1S/C9H7N.C7H5NO.Zn/c1-2-6-9-8(4-1)5-3-7-10-9;1-2-4-7-6(3-1)8-5-9-7;/h1-7H;1-5H;. The van der Waals surface area contributed by atoms with Gasteiger partial charge in [0.25, 0.3) is 0 Å². The number of pyridine rings is 1. The third kappa shape index (κ3) is 3.28. The van der Waals surface area contributed by atoms with Gasteiger partial charge in [-0.05, 0) is 24.3 Å². The molecule has 0 saturated carbocycles. The van der Waals surface area contributed by atoms with Crippen molar-refractivity contribution in [1.82, 2.24) is 9.97 Å². The first kappa shape index (κ1) is 14.4. The Labute approximate surface area is 129 Å². The molecular weight excluding hydrogens is 302 g/mol. The largest absolute Gasteiger partial charge is 0.443 e. The fourth-order valence-electron chi connectivity index (χ4n) is 1.82. The average molecular weight is 314 g/mol. The summed E-state index contributed by atoms with van der Waals surface area (Å²) in [4.78, 5) is 8.13. The molecular formula is C16H12N2OZn. The smallest absolute Gasteiger partial charge is 0.181 e. The second-order valence-corrected chi connectivity index (χ2v) is 4.02. The number of rotatable bonds is 0. The first-order valence-electron chi connectivity index (χ1n) is 6.01. The Balaban J connectivity index is 0.000000141. The molecule has 0 aliphatic carbocycles. The Kier molecular flexibility index (Phi) is 4.97. The summed E-state index contributed by atoms with van der Waals surface area (Å²) in [5, 5.41) is 1.20. The maximum Gasteiger partial charge on any atom is 0.181 e.